The van der Waals surface area contributed by atoms with Crippen molar-refractivity contribution in [3.05, 3.63) is 29.3 Å². The molecule has 1 aliphatic heterocycles. The first-order valence-corrected chi connectivity index (χ1v) is 8.70. The van der Waals surface area contributed by atoms with E-state index in [1.54, 1.807) is 16.4 Å². The molecule has 1 heterocycles. The van der Waals surface area contributed by atoms with Gasteiger partial charge in [-0.2, -0.15) is 4.31 Å². The van der Waals surface area contributed by atoms with Gasteiger partial charge in [0.15, 0.2) is 0 Å². The second kappa shape index (κ2) is 6.24. The minimum absolute atomic E-state index is 0.118. The van der Waals surface area contributed by atoms with E-state index in [2.05, 4.69) is 5.32 Å². The van der Waals surface area contributed by atoms with Crippen LogP contribution in [-0.2, 0) is 10.0 Å². The van der Waals surface area contributed by atoms with Crippen molar-refractivity contribution in [3.63, 3.8) is 0 Å². The van der Waals surface area contributed by atoms with Gasteiger partial charge in [-0.15, -0.1) is 0 Å². The topological polar surface area (TPSA) is 49.4 Å². The fourth-order valence-electron chi connectivity index (χ4n) is 2.94. The zero-order valence-corrected chi connectivity index (χ0v) is 13.3. The number of benzene rings is 1. The Morgan fingerprint density at radius 1 is 1.15 bits per heavy atom. The molecule has 0 bridgehead atoms. The molecular formula is C15H24N2O2S. The monoisotopic (exact) mass is 296 g/mol. The van der Waals surface area contributed by atoms with Crippen LogP contribution in [0.4, 0.5) is 0 Å². The molecule has 0 unspecified atom stereocenters. The van der Waals surface area contributed by atoms with Gasteiger partial charge in [-0.25, -0.2) is 8.42 Å². The second-order valence-corrected chi connectivity index (χ2v) is 7.40. The summed E-state index contributed by atoms with van der Waals surface area (Å²) in [4.78, 5) is 0.426. The molecule has 0 saturated carbocycles. The minimum Gasteiger partial charge on any atom is -0.317 e. The molecule has 2 rings (SSSR count). The van der Waals surface area contributed by atoms with E-state index in [9.17, 15) is 8.42 Å². The summed E-state index contributed by atoms with van der Waals surface area (Å²) in [5.74, 6) is 0. The van der Waals surface area contributed by atoms with Crippen molar-refractivity contribution in [3.8, 4) is 0 Å². The van der Waals surface area contributed by atoms with Gasteiger partial charge < -0.3 is 5.32 Å². The third kappa shape index (κ3) is 3.22. The lowest BCUT2D eigenvalue weighted by molar-refractivity contribution is 0.270. The molecule has 1 aromatic carbocycles. The smallest absolute Gasteiger partial charge is 0.243 e. The highest BCUT2D eigenvalue weighted by molar-refractivity contribution is 7.89. The zero-order chi connectivity index (χ0) is 14.8. The number of aryl methyl sites for hydroxylation is 2. The van der Waals surface area contributed by atoms with Crippen molar-refractivity contribution in [2.24, 2.45) is 0 Å². The number of sulfonamides is 1. The van der Waals surface area contributed by atoms with Crippen LogP contribution in [0.25, 0.3) is 0 Å². The summed E-state index contributed by atoms with van der Waals surface area (Å²) in [7, 11) is -3.39. The van der Waals surface area contributed by atoms with Crippen LogP contribution in [0.3, 0.4) is 0 Å². The largest absolute Gasteiger partial charge is 0.317 e. The average Bonchev–Trinajstić information content (AvgIpc) is 2.39. The maximum absolute atomic E-state index is 12.9. The van der Waals surface area contributed by atoms with Gasteiger partial charge in [0.2, 0.25) is 10.0 Å². The fraction of sp³-hybridized carbons (Fsp3) is 0.600. The first-order valence-electron chi connectivity index (χ1n) is 7.26. The van der Waals surface area contributed by atoms with E-state index in [1.165, 1.54) is 0 Å². The Bertz CT molecular complexity index is 543. The molecule has 0 aromatic heterocycles. The van der Waals surface area contributed by atoms with E-state index < -0.39 is 10.0 Å². The van der Waals surface area contributed by atoms with E-state index in [-0.39, 0.29) is 6.04 Å². The van der Waals surface area contributed by atoms with Crippen LogP contribution < -0.4 is 5.32 Å². The van der Waals surface area contributed by atoms with Crippen LogP contribution in [0.15, 0.2) is 23.1 Å². The standard InChI is InChI=1S/C15H24N2O2S/c1-4-17(14-5-7-16-8-6-14)20(18,19)15-10-12(2)9-13(3)11-15/h9-11,14,16H,4-8H2,1-3H3. The van der Waals surface area contributed by atoms with Gasteiger partial charge in [0.25, 0.3) is 0 Å². The van der Waals surface area contributed by atoms with Crippen LogP contribution in [0.1, 0.15) is 30.9 Å². The molecule has 4 nitrogen and oxygen atoms in total. The number of rotatable bonds is 4. The zero-order valence-electron chi connectivity index (χ0n) is 12.5. The molecule has 0 aliphatic carbocycles. The Morgan fingerprint density at radius 2 is 1.70 bits per heavy atom. The minimum atomic E-state index is -3.39. The summed E-state index contributed by atoms with van der Waals surface area (Å²) in [6.07, 6.45) is 1.77. The molecule has 1 N–H and O–H groups in total. The van der Waals surface area contributed by atoms with E-state index in [1.807, 2.05) is 26.8 Å². The lowest BCUT2D eigenvalue weighted by atomic mass is 10.1. The van der Waals surface area contributed by atoms with Crippen molar-refractivity contribution >= 4 is 10.0 Å². The summed E-state index contributed by atoms with van der Waals surface area (Å²) >= 11 is 0. The van der Waals surface area contributed by atoms with Crippen LogP contribution in [0, 0.1) is 13.8 Å². The lowest BCUT2D eigenvalue weighted by Gasteiger charge is -2.33. The maximum atomic E-state index is 12.9. The highest BCUT2D eigenvalue weighted by Crippen LogP contribution is 2.23. The van der Waals surface area contributed by atoms with Gasteiger partial charge in [-0.05, 0) is 63.0 Å². The van der Waals surface area contributed by atoms with Gasteiger partial charge in [-0.3, -0.25) is 0 Å². The van der Waals surface area contributed by atoms with Crippen molar-refractivity contribution in [2.45, 2.75) is 44.6 Å². The van der Waals surface area contributed by atoms with Crippen LogP contribution in [0.5, 0.6) is 0 Å². The first kappa shape index (κ1) is 15.5. The van der Waals surface area contributed by atoms with Crippen molar-refractivity contribution in [1.82, 2.24) is 9.62 Å². The summed E-state index contributed by atoms with van der Waals surface area (Å²) in [5.41, 5.74) is 1.98. The molecule has 0 radical (unpaired) electrons. The quantitative estimate of drug-likeness (QED) is 0.925. The maximum Gasteiger partial charge on any atom is 0.243 e. The van der Waals surface area contributed by atoms with E-state index in [0.717, 1.165) is 37.1 Å². The van der Waals surface area contributed by atoms with Crippen molar-refractivity contribution in [1.29, 1.82) is 0 Å². The number of piperidine rings is 1. The Kier molecular flexibility index (Phi) is 4.83. The second-order valence-electron chi connectivity index (χ2n) is 5.51. The molecule has 1 fully saturated rings. The molecular weight excluding hydrogens is 272 g/mol. The average molecular weight is 296 g/mol. The van der Waals surface area contributed by atoms with Crippen LogP contribution in [0.2, 0.25) is 0 Å². The van der Waals surface area contributed by atoms with Gasteiger partial charge >= 0.3 is 0 Å². The first-order chi connectivity index (χ1) is 9.45. The van der Waals surface area contributed by atoms with Crippen LogP contribution in [-0.4, -0.2) is 38.4 Å². The molecule has 5 heteroatoms. The Balaban J connectivity index is 2.35. The van der Waals surface area contributed by atoms with Gasteiger partial charge in [-0.1, -0.05) is 13.0 Å². The summed E-state index contributed by atoms with van der Waals surface area (Å²) in [6.45, 7) is 8.11. The number of nitrogens with one attached hydrogen (secondary N) is 1. The van der Waals surface area contributed by atoms with Crippen molar-refractivity contribution in [2.75, 3.05) is 19.6 Å². The predicted octanol–water partition coefficient (Wildman–Crippen LogP) is 2.07. The molecule has 1 saturated heterocycles. The fourth-order valence-corrected chi connectivity index (χ4v) is 4.82. The van der Waals surface area contributed by atoms with Gasteiger partial charge in [0.1, 0.15) is 0 Å². The molecule has 0 spiro atoms. The summed E-state index contributed by atoms with van der Waals surface area (Å²) in [6, 6.07) is 5.66. The Labute approximate surface area is 122 Å². The summed E-state index contributed by atoms with van der Waals surface area (Å²) in [5, 5.41) is 3.28. The van der Waals surface area contributed by atoms with Gasteiger partial charge in [0.05, 0.1) is 4.90 Å². The SMILES string of the molecule is CCN(C1CCNCC1)S(=O)(=O)c1cc(C)cc(C)c1. The molecule has 0 amide bonds. The molecule has 1 aromatic rings. The number of hydrogen-bond acceptors (Lipinski definition) is 3. The third-order valence-electron chi connectivity index (χ3n) is 3.83. The third-order valence-corrected chi connectivity index (χ3v) is 5.83. The van der Waals surface area contributed by atoms with Gasteiger partial charge in [0, 0.05) is 12.6 Å². The van der Waals surface area contributed by atoms with E-state index in [4.69, 9.17) is 0 Å². The molecule has 112 valence electrons. The van der Waals surface area contributed by atoms with E-state index in [0.29, 0.717) is 11.4 Å². The number of hydrogen-bond donors (Lipinski definition) is 1. The summed E-state index contributed by atoms with van der Waals surface area (Å²) < 4.78 is 27.4. The molecule has 0 atom stereocenters. The highest BCUT2D eigenvalue weighted by Gasteiger charge is 2.31. The predicted molar refractivity (Wildman–Crippen MR) is 81.4 cm³/mol. The molecule has 20 heavy (non-hydrogen) atoms. The molecule has 1 aliphatic rings. The highest BCUT2D eigenvalue weighted by atomic mass is 32.2. The lowest BCUT2D eigenvalue weighted by Crippen LogP contribution is -2.45. The number of nitrogens with zero attached hydrogens (tertiary/aromatic N) is 1. The Hall–Kier alpha value is -0.910. The van der Waals surface area contributed by atoms with Crippen LogP contribution >= 0.6 is 0 Å². The van der Waals surface area contributed by atoms with E-state index >= 15 is 0 Å². The van der Waals surface area contributed by atoms with Crippen molar-refractivity contribution < 1.29 is 8.42 Å². The Morgan fingerprint density at radius 3 is 2.20 bits per heavy atom. The normalized spacial score (nSPS) is 17.6.